The number of Topliss-reactive ketones (excluding diaryl/α,β-unsaturated/α-hetero) is 1. The van der Waals surface area contributed by atoms with E-state index in [2.05, 4.69) is 11.7 Å². The SMILES string of the molecule is C=CCOC(=O)C(N1C(=O)[C@H](C(C)C)[C@H]1CC(=O)c1cc(C)n(C)n1)=P(c1ccccc1)(c1ccccc1)c1ccccc1. The predicted molar refractivity (Wildman–Crippen MR) is 177 cm³/mol. The first kappa shape index (κ1) is 31.0. The Morgan fingerprint density at radius 2 is 1.43 bits per heavy atom. The molecule has 0 spiro atoms. The van der Waals surface area contributed by atoms with Crippen molar-refractivity contribution in [3.05, 3.63) is 121 Å². The van der Waals surface area contributed by atoms with Gasteiger partial charge in [-0.3, -0.25) is 14.3 Å². The number of benzene rings is 3. The number of ether oxygens (including phenoxy) is 1. The van der Waals surface area contributed by atoms with Gasteiger partial charge in [-0.25, -0.2) is 4.79 Å². The minimum absolute atomic E-state index is 0.0207. The standard InChI is InChI=1S/C36H38N3O4P/c1-6-22-43-36(42)35(39-31(33(25(2)3)34(39)41)24-32(40)30-23-26(4)38(5)37-30)44(27-16-10-7-11-17-27,28-18-12-8-13-19-28)29-20-14-9-15-21-29/h6-21,23,25,31,33H,1,22,24H2,2-5H3/t31-,33-/m1/s1. The third-order valence-corrected chi connectivity index (χ3v) is 12.5. The van der Waals surface area contributed by atoms with E-state index in [1.165, 1.54) is 6.08 Å². The zero-order chi connectivity index (χ0) is 31.4. The maximum absolute atomic E-state index is 14.5. The molecular weight excluding hydrogens is 569 g/mol. The molecule has 8 heteroatoms. The van der Waals surface area contributed by atoms with Gasteiger partial charge in [0.15, 0.2) is 5.78 Å². The molecule has 1 aliphatic rings. The van der Waals surface area contributed by atoms with Crippen molar-refractivity contribution in [2.45, 2.75) is 33.2 Å². The Balaban J connectivity index is 1.86. The van der Waals surface area contributed by atoms with Gasteiger partial charge in [-0.2, -0.15) is 5.10 Å². The molecule has 5 rings (SSSR count). The van der Waals surface area contributed by atoms with E-state index in [9.17, 15) is 14.4 Å². The zero-order valence-corrected chi connectivity index (χ0v) is 26.5. The molecule has 1 amide bonds. The number of hydrogen-bond acceptors (Lipinski definition) is 5. The van der Waals surface area contributed by atoms with Gasteiger partial charge in [0, 0.05) is 26.0 Å². The lowest BCUT2D eigenvalue weighted by Gasteiger charge is -2.51. The lowest BCUT2D eigenvalue weighted by molar-refractivity contribution is -0.153. The van der Waals surface area contributed by atoms with E-state index in [0.717, 1.165) is 21.6 Å². The topological polar surface area (TPSA) is 81.5 Å². The van der Waals surface area contributed by atoms with Crippen LogP contribution in [0.2, 0.25) is 0 Å². The van der Waals surface area contributed by atoms with Gasteiger partial charge in [-0.05, 0) is 34.8 Å². The van der Waals surface area contributed by atoms with Crippen LogP contribution in [0.4, 0.5) is 0 Å². The molecule has 2 heterocycles. The molecule has 1 aromatic heterocycles. The summed E-state index contributed by atoms with van der Waals surface area (Å²) < 4.78 is 7.49. The van der Waals surface area contributed by atoms with Crippen LogP contribution in [0.5, 0.6) is 0 Å². The first-order valence-electron chi connectivity index (χ1n) is 14.8. The summed E-state index contributed by atoms with van der Waals surface area (Å²) in [7, 11) is 1.79. The number of carbonyl (C=O) groups is 3. The van der Waals surface area contributed by atoms with Crippen molar-refractivity contribution in [2.24, 2.45) is 18.9 Å². The van der Waals surface area contributed by atoms with Crippen LogP contribution in [0.3, 0.4) is 0 Å². The highest BCUT2D eigenvalue weighted by Gasteiger charge is 2.55. The van der Waals surface area contributed by atoms with E-state index in [1.807, 2.05) is 112 Å². The number of hydrogen-bond donors (Lipinski definition) is 0. The van der Waals surface area contributed by atoms with E-state index in [4.69, 9.17) is 4.74 Å². The minimum atomic E-state index is -3.05. The summed E-state index contributed by atoms with van der Waals surface area (Å²) in [5, 5.41) is 7.10. The fourth-order valence-electron chi connectivity index (χ4n) is 6.13. The molecule has 1 fully saturated rings. The van der Waals surface area contributed by atoms with Crippen molar-refractivity contribution in [1.82, 2.24) is 14.7 Å². The molecule has 4 aromatic rings. The number of carbonyl (C=O) groups excluding carboxylic acids is 3. The number of aromatic nitrogens is 2. The number of esters is 1. The second kappa shape index (κ2) is 13.0. The number of rotatable bonds is 11. The molecule has 0 unspecified atom stereocenters. The summed E-state index contributed by atoms with van der Waals surface area (Å²) in [6.07, 6.45) is 1.55. The molecule has 0 radical (unpaired) electrons. The van der Waals surface area contributed by atoms with Crippen molar-refractivity contribution in [1.29, 1.82) is 0 Å². The van der Waals surface area contributed by atoms with E-state index in [-0.39, 0.29) is 36.1 Å². The zero-order valence-electron chi connectivity index (χ0n) is 25.6. The highest BCUT2D eigenvalue weighted by molar-refractivity contribution is 7.96. The highest BCUT2D eigenvalue weighted by Crippen LogP contribution is 2.50. The molecule has 44 heavy (non-hydrogen) atoms. The lowest BCUT2D eigenvalue weighted by atomic mass is 9.76. The van der Waals surface area contributed by atoms with E-state index >= 15 is 0 Å². The second-order valence-corrected chi connectivity index (χ2v) is 14.7. The van der Waals surface area contributed by atoms with Crippen LogP contribution in [0.1, 0.15) is 36.5 Å². The number of β-lactam (4-membered cyclic amide) rings is 1. The molecule has 0 aliphatic carbocycles. The van der Waals surface area contributed by atoms with Crippen molar-refractivity contribution in [2.75, 3.05) is 6.61 Å². The first-order chi connectivity index (χ1) is 21.2. The number of nitrogens with zero attached hydrogens (tertiary/aromatic N) is 3. The maximum atomic E-state index is 14.5. The van der Waals surface area contributed by atoms with Crippen LogP contribution in [0.15, 0.2) is 110 Å². The number of aryl methyl sites for hydroxylation is 2. The molecular formula is C36H38N3O4P. The Hall–Kier alpha value is -4.48. The minimum Gasteiger partial charge on any atom is -0.457 e. The molecule has 3 aromatic carbocycles. The largest absolute Gasteiger partial charge is 0.457 e. The number of likely N-dealkylation sites (tertiary alicyclic amines) is 1. The van der Waals surface area contributed by atoms with Gasteiger partial charge in [-0.1, -0.05) is 117 Å². The van der Waals surface area contributed by atoms with Crippen LogP contribution in [-0.2, 0) is 21.4 Å². The van der Waals surface area contributed by atoms with E-state index in [0.29, 0.717) is 5.69 Å². The van der Waals surface area contributed by atoms with E-state index in [1.54, 1.807) is 22.7 Å². The Bertz CT molecular complexity index is 1610. The molecule has 0 N–H and O–H groups in total. The van der Waals surface area contributed by atoms with Gasteiger partial charge in [0.05, 0.1) is 12.0 Å². The monoisotopic (exact) mass is 607 g/mol. The third kappa shape index (κ3) is 5.48. The molecule has 0 bridgehead atoms. The smallest absolute Gasteiger partial charge is 0.356 e. The predicted octanol–water partition coefficient (Wildman–Crippen LogP) is 4.64. The van der Waals surface area contributed by atoms with Gasteiger partial charge in [0.1, 0.15) is 17.7 Å². The van der Waals surface area contributed by atoms with Gasteiger partial charge in [0.25, 0.3) is 0 Å². The summed E-state index contributed by atoms with van der Waals surface area (Å²) in [6.45, 7) is 6.52. The van der Waals surface area contributed by atoms with Crippen LogP contribution in [0.25, 0.3) is 0 Å². The van der Waals surface area contributed by atoms with Crippen LogP contribution >= 0.6 is 6.89 Å². The van der Waals surface area contributed by atoms with Crippen molar-refractivity contribution >= 4 is 45.9 Å². The maximum Gasteiger partial charge on any atom is 0.356 e. The van der Waals surface area contributed by atoms with Gasteiger partial charge >= 0.3 is 5.97 Å². The second-order valence-electron chi connectivity index (χ2n) is 11.4. The summed E-state index contributed by atoms with van der Waals surface area (Å²) in [6, 6.07) is 30.7. The van der Waals surface area contributed by atoms with Crippen molar-refractivity contribution in [3.63, 3.8) is 0 Å². The molecule has 2 atom stereocenters. The number of amides is 1. The quantitative estimate of drug-likeness (QED) is 0.0817. The van der Waals surface area contributed by atoms with Crippen LogP contribution in [0, 0.1) is 18.8 Å². The van der Waals surface area contributed by atoms with Gasteiger partial charge < -0.3 is 9.64 Å². The third-order valence-electron chi connectivity index (χ3n) is 8.27. The highest BCUT2D eigenvalue weighted by atomic mass is 31.2. The van der Waals surface area contributed by atoms with Gasteiger partial charge in [0.2, 0.25) is 5.91 Å². The van der Waals surface area contributed by atoms with Crippen LogP contribution in [-0.4, -0.2) is 50.4 Å². The average Bonchev–Trinajstić information content (AvgIpc) is 3.38. The van der Waals surface area contributed by atoms with Gasteiger partial charge in [-0.15, -0.1) is 0 Å². The average molecular weight is 608 g/mol. The normalized spacial score (nSPS) is 16.4. The number of ketones is 1. The summed E-state index contributed by atoms with van der Waals surface area (Å²) >= 11 is 0. The van der Waals surface area contributed by atoms with Crippen LogP contribution < -0.4 is 15.9 Å². The fraction of sp³-hybridized carbons (Fsp3) is 0.250. The molecule has 1 aliphatic heterocycles. The Morgan fingerprint density at radius 3 is 1.84 bits per heavy atom. The Morgan fingerprint density at radius 1 is 0.932 bits per heavy atom. The summed E-state index contributed by atoms with van der Waals surface area (Å²) in [5.41, 5.74) is 1.47. The molecule has 0 saturated carbocycles. The summed E-state index contributed by atoms with van der Waals surface area (Å²) in [4.78, 5) is 44.1. The van der Waals surface area contributed by atoms with E-state index < -0.39 is 24.8 Å². The molecule has 1 saturated heterocycles. The molecule has 7 nitrogen and oxygen atoms in total. The summed E-state index contributed by atoms with van der Waals surface area (Å²) in [5.74, 6) is -1.46. The fourth-order valence-corrected chi connectivity index (χ4v) is 10.5. The Kier molecular flexibility index (Phi) is 9.17. The first-order valence-corrected chi connectivity index (χ1v) is 16.6. The van der Waals surface area contributed by atoms with Crippen molar-refractivity contribution in [3.8, 4) is 0 Å². The lowest BCUT2D eigenvalue weighted by Crippen LogP contribution is -2.67. The Labute approximate surface area is 259 Å². The van der Waals surface area contributed by atoms with Crippen molar-refractivity contribution < 1.29 is 19.1 Å². The molecule has 226 valence electrons.